The Balaban J connectivity index is 1.85. The molecule has 0 spiro atoms. The molecule has 0 unspecified atom stereocenters. The molecule has 0 saturated heterocycles. The minimum atomic E-state index is 0.802. The van der Waals surface area contributed by atoms with Gasteiger partial charge in [0.05, 0.1) is 7.11 Å². The first-order chi connectivity index (χ1) is 12.7. The van der Waals surface area contributed by atoms with Crippen molar-refractivity contribution in [2.24, 2.45) is 0 Å². The Labute approximate surface area is 160 Å². The number of benzene rings is 3. The van der Waals surface area contributed by atoms with E-state index in [0.717, 1.165) is 17.2 Å². The second-order valence-electron chi connectivity index (χ2n) is 6.43. The summed E-state index contributed by atoms with van der Waals surface area (Å²) in [6.45, 7) is 2.86. The minimum absolute atomic E-state index is 0.802. The van der Waals surface area contributed by atoms with Crippen molar-refractivity contribution in [2.75, 3.05) is 12.0 Å². The maximum Gasteiger partial charge on any atom is 0.118 e. The number of rotatable bonds is 3. The third-order valence-corrected chi connectivity index (χ3v) is 5.01. The van der Waals surface area contributed by atoms with Gasteiger partial charge in [-0.25, -0.2) is 0 Å². The van der Waals surface area contributed by atoms with Crippen molar-refractivity contribution in [3.05, 3.63) is 94.4 Å². The van der Waals surface area contributed by atoms with Gasteiger partial charge < -0.3 is 9.64 Å². The molecule has 0 amide bonds. The number of hydrogen-bond acceptors (Lipinski definition) is 3. The molecule has 0 atom stereocenters. The molecule has 3 heteroatoms. The smallest absolute Gasteiger partial charge is 0.118 e. The molecular formula is C23H21NOS. The summed E-state index contributed by atoms with van der Waals surface area (Å²) in [6, 6.07) is 25.4. The number of fused-ring (bicyclic) bond motifs is 2. The lowest BCUT2D eigenvalue weighted by Crippen LogP contribution is -2.22. The zero-order valence-electron chi connectivity index (χ0n) is 14.9. The number of anilines is 2. The normalized spacial score (nSPS) is 12.4. The number of hydrogen-bond donors (Lipinski definition) is 1. The molecule has 4 rings (SSSR count). The molecule has 0 radical (unpaired) electrons. The van der Waals surface area contributed by atoms with Crippen LogP contribution in [-0.4, -0.2) is 7.11 Å². The molecule has 0 aromatic heterocycles. The van der Waals surface area contributed by atoms with Crippen molar-refractivity contribution in [1.82, 2.24) is 0 Å². The first-order valence-corrected chi connectivity index (χ1v) is 9.13. The van der Waals surface area contributed by atoms with Crippen LogP contribution < -0.4 is 9.64 Å². The van der Waals surface area contributed by atoms with Crippen LogP contribution in [0.5, 0.6) is 5.75 Å². The maximum atomic E-state index is 5.28. The van der Waals surface area contributed by atoms with Crippen LogP contribution in [0, 0.1) is 0 Å². The van der Waals surface area contributed by atoms with Gasteiger partial charge >= 0.3 is 0 Å². The fourth-order valence-electron chi connectivity index (χ4n) is 3.59. The zero-order chi connectivity index (χ0) is 18.1. The topological polar surface area (TPSA) is 12.5 Å². The van der Waals surface area contributed by atoms with E-state index < -0.39 is 0 Å². The zero-order valence-corrected chi connectivity index (χ0v) is 15.8. The molecule has 3 aromatic rings. The summed E-state index contributed by atoms with van der Waals surface area (Å²) in [5.41, 5.74) is 7.34. The van der Waals surface area contributed by atoms with Gasteiger partial charge in [0.1, 0.15) is 5.75 Å². The summed E-state index contributed by atoms with van der Waals surface area (Å²) < 4.78 is 5.28. The van der Waals surface area contributed by atoms with Crippen LogP contribution in [0.3, 0.4) is 0 Å². The molecular weight excluding hydrogens is 338 g/mol. The SMILES string of the molecule is COc1ccc(CN2c3ccccc3C(=C(C)S)c3ccccc32)cc1. The second-order valence-corrected chi connectivity index (χ2v) is 7.10. The van der Waals surface area contributed by atoms with Crippen LogP contribution in [0.15, 0.2) is 77.7 Å². The van der Waals surface area contributed by atoms with Gasteiger partial charge in [-0.05, 0) is 41.7 Å². The highest BCUT2D eigenvalue weighted by atomic mass is 32.1. The van der Waals surface area contributed by atoms with Gasteiger partial charge in [-0.2, -0.15) is 0 Å². The monoisotopic (exact) mass is 359 g/mol. The fraction of sp³-hybridized carbons (Fsp3) is 0.130. The van der Waals surface area contributed by atoms with Crippen molar-refractivity contribution in [3.8, 4) is 5.75 Å². The first kappa shape index (κ1) is 16.8. The van der Waals surface area contributed by atoms with E-state index in [9.17, 15) is 0 Å². The lowest BCUT2D eigenvalue weighted by Gasteiger charge is -2.35. The van der Waals surface area contributed by atoms with E-state index in [1.54, 1.807) is 7.11 Å². The standard InChI is InChI=1S/C23H21NOS/c1-16(26)23-19-7-3-5-9-21(19)24(22-10-6-4-8-20(22)23)15-17-11-13-18(25-2)14-12-17/h3-14,26H,15H2,1-2H3. The van der Waals surface area contributed by atoms with Crippen molar-refractivity contribution in [2.45, 2.75) is 13.5 Å². The molecule has 130 valence electrons. The first-order valence-electron chi connectivity index (χ1n) is 8.68. The Hall–Kier alpha value is -2.65. The molecule has 2 nitrogen and oxygen atoms in total. The van der Waals surface area contributed by atoms with E-state index >= 15 is 0 Å². The molecule has 0 aliphatic carbocycles. The lowest BCUT2D eigenvalue weighted by atomic mass is 9.89. The number of para-hydroxylation sites is 2. The van der Waals surface area contributed by atoms with E-state index in [4.69, 9.17) is 4.74 Å². The van der Waals surface area contributed by atoms with Crippen LogP contribution >= 0.6 is 12.6 Å². The molecule has 0 N–H and O–H groups in total. The van der Waals surface area contributed by atoms with Gasteiger partial charge in [-0.3, -0.25) is 0 Å². The van der Waals surface area contributed by atoms with E-state index in [0.29, 0.717) is 0 Å². The van der Waals surface area contributed by atoms with E-state index in [-0.39, 0.29) is 0 Å². The summed E-state index contributed by atoms with van der Waals surface area (Å²) in [4.78, 5) is 3.42. The summed E-state index contributed by atoms with van der Waals surface area (Å²) in [5, 5.41) is 0. The number of nitrogens with zero attached hydrogens (tertiary/aromatic N) is 1. The molecule has 1 aliphatic heterocycles. The fourth-order valence-corrected chi connectivity index (χ4v) is 3.83. The van der Waals surface area contributed by atoms with Crippen molar-refractivity contribution < 1.29 is 4.74 Å². The van der Waals surface area contributed by atoms with Gasteiger partial charge in [-0.15, -0.1) is 12.6 Å². The number of thiol groups is 1. The lowest BCUT2D eigenvalue weighted by molar-refractivity contribution is 0.414. The van der Waals surface area contributed by atoms with Crippen LogP contribution in [0.25, 0.3) is 5.57 Å². The molecule has 26 heavy (non-hydrogen) atoms. The van der Waals surface area contributed by atoms with Crippen molar-refractivity contribution in [3.63, 3.8) is 0 Å². The van der Waals surface area contributed by atoms with Gasteiger partial charge in [0, 0.05) is 34.6 Å². The van der Waals surface area contributed by atoms with Crippen LogP contribution in [0.1, 0.15) is 23.6 Å². The third kappa shape index (κ3) is 2.89. The summed E-state index contributed by atoms with van der Waals surface area (Å²) in [5.74, 6) is 0.879. The Kier molecular flexibility index (Phi) is 4.48. The third-order valence-electron chi connectivity index (χ3n) is 4.79. The van der Waals surface area contributed by atoms with Crippen molar-refractivity contribution >= 4 is 29.6 Å². The Morgan fingerprint density at radius 3 is 1.88 bits per heavy atom. The molecule has 3 aromatic carbocycles. The quantitative estimate of drug-likeness (QED) is 0.571. The molecule has 1 aliphatic rings. The summed E-state index contributed by atoms with van der Waals surface area (Å²) >= 11 is 4.69. The van der Waals surface area contributed by atoms with E-state index in [1.165, 1.54) is 33.6 Å². The highest BCUT2D eigenvalue weighted by molar-refractivity contribution is 7.84. The number of allylic oxidation sites excluding steroid dienone is 1. The van der Waals surface area contributed by atoms with Crippen LogP contribution in [-0.2, 0) is 6.54 Å². The highest BCUT2D eigenvalue weighted by Crippen LogP contribution is 2.47. The van der Waals surface area contributed by atoms with E-state index in [1.807, 2.05) is 12.1 Å². The molecule has 0 saturated carbocycles. The number of methoxy groups -OCH3 is 1. The van der Waals surface area contributed by atoms with Gasteiger partial charge in [0.25, 0.3) is 0 Å². The largest absolute Gasteiger partial charge is 0.497 e. The molecule has 0 fully saturated rings. The highest BCUT2D eigenvalue weighted by Gasteiger charge is 2.26. The Bertz CT molecular complexity index is 922. The maximum absolute atomic E-state index is 5.28. The summed E-state index contributed by atoms with van der Waals surface area (Å²) in [6.07, 6.45) is 0. The van der Waals surface area contributed by atoms with E-state index in [2.05, 4.69) is 85.1 Å². The van der Waals surface area contributed by atoms with Gasteiger partial charge in [0.2, 0.25) is 0 Å². The molecule has 1 heterocycles. The van der Waals surface area contributed by atoms with Gasteiger partial charge in [-0.1, -0.05) is 48.5 Å². The van der Waals surface area contributed by atoms with Crippen LogP contribution in [0.2, 0.25) is 0 Å². The molecule has 0 bridgehead atoms. The van der Waals surface area contributed by atoms with Gasteiger partial charge in [0.15, 0.2) is 0 Å². The van der Waals surface area contributed by atoms with Crippen LogP contribution in [0.4, 0.5) is 11.4 Å². The second kappa shape index (κ2) is 6.93. The predicted molar refractivity (Wildman–Crippen MR) is 112 cm³/mol. The Morgan fingerprint density at radius 2 is 1.38 bits per heavy atom. The average Bonchev–Trinajstić information content (AvgIpc) is 2.68. The number of ether oxygens (including phenoxy) is 1. The minimum Gasteiger partial charge on any atom is -0.497 e. The predicted octanol–water partition coefficient (Wildman–Crippen LogP) is 6.06. The van der Waals surface area contributed by atoms with Crippen molar-refractivity contribution in [1.29, 1.82) is 0 Å². The summed E-state index contributed by atoms with van der Waals surface area (Å²) in [7, 11) is 1.69. The average molecular weight is 359 g/mol. The Morgan fingerprint density at radius 1 is 0.846 bits per heavy atom.